The van der Waals surface area contributed by atoms with Gasteiger partial charge in [-0.25, -0.2) is 9.86 Å². The third-order valence-corrected chi connectivity index (χ3v) is 3.24. The van der Waals surface area contributed by atoms with Crippen LogP contribution in [0.4, 0.5) is 5.69 Å². The summed E-state index contributed by atoms with van der Waals surface area (Å²) in [7, 11) is 0. The van der Waals surface area contributed by atoms with Crippen LogP contribution >= 0.6 is 0 Å². The molecule has 0 fully saturated rings. The maximum atomic E-state index is 11.2. The summed E-state index contributed by atoms with van der Waals surface area (Å²) in [6.07, 6.45) is 3.62. The number of anilines is 1. The van der Waals surface area contributed by atoms with Crippen molar-refractivity contribution >= 4 is 11.7 Å². The molecule has 0 aliphatic carbocycles. The molecule has 5 nitrogen and oxygen atoms in total. The van der Waals surface area contributed by atoms with E-state index in [0.29, 0.717) is 12.0 Å². The Labute approximate surface area is 122 Å². The Kier molecular flexibility index (Phi) is 3.66. The smallest absolute Gasteiger partial charge is 0.333 e. The van der Waals surface area contributed by atoms with Crippen molar-refractivity contribution in [2.45, 2.75) is 13.0 Å². The SMILES string of the molecule is O=C(O)C1=CN(OCc2ccccn2)c2ccccc2C1. The summed E-state index contributed by atoms with van der Waals surface area (Å²) < 4.78 is 0. The molecule has 106 valence electrons. The molecule has 1 aliphatic heterocycles. The molecule has 1 N–H and O–H groups in total. The molecule has 3 rings (SSSR count). The van der Waals surface area contributed by atoms with E-state index in [-0.39, 0.29) is 6.61 Å². The molecule has 0 bridgehead atoms. The highest BCUT2D eigenvalue weighted by atomic mass is 16.7. The Hall–Kier alpha value is -2.66. The van der Waals surface area contributed by atoms with Crippen molar-refractivity contribution in [3.63, 3.8) is 0 Å². The maximum absolute atomic E-state index is 11.2. The van der Waals surface area contributed by atoms with Gasteiger partial charge in [0.25, 0.3) is 0 Å². The molecule has 1 aliphatic rings. The van der Waals surface area contributed by atoms with Gasteiger partial charge in [-0.2, -0.15) is 0 Å². The van der Waals surface area contributed by atoms with Crippen molar-refractivity contribution in [3.8, 4) is 0 Å². The first-order valence-corrected chi connectivity index (χ1v) is 6.58. The van der Waals surface area contributed by atoms with Crippen molar-refractivity contribution in [1.29, 1.82) is 0 Å². The first-order valence-electron chi connectivity index (χ1n) is 6.58. The number of nitrogens with zero attached hydrogens (tertiary/aromatic N) is 2. The van der Waals surface area contributed by atoms with Crippen LogP contribution in [0.3, 0.4) is 0 Å². The third kappa shape index (κ3) is 2.93. The Morgan fingerprint density at radius 2 is 2.05 bits per heavy atom. The van der Waals surface area contributed by atoms with E-state index in [1.165, 1.54) is 11.3 Å². The molecule has 5 heteroatoms. The molecule has 1 aromatic heterocycles. The molecule has 21 heavy (non-hydrogen) atoms. The minimum absolute atomic E-state index is 0.276. The monoisotopic (exact) mass is 282 g/mol. The van der Waals surface area contributed by atoms with Gasteiger partial charge >= 0.3 is 5.97 Å². The summed E-state index contributed by atoms with van der Waals surface area (Å²) in [4.78, 5) is 21.1. The minimum Gasteiger partial charge on any atom is -0.478 e. The fourth-order valence-corrected chi connectivity index (χ4v) is 2.19. The Balaban J connectivity index is 1.84. The van der Waals surface area contributed by atoms with Crippen LogP contribution in [-0.2, 0) is 22.7 Å². The molecule has 2 aromatic rings. The molecule has 0 radical (unpaired) electrons. The van der Waals surface area contributed by atoms with Gasteiger partial charge in [-0.05, 0) is 23.8 Å². The lowest BCUT2D eigenvalue weighted by molar-refractivity contribution is -0.132. The van der Waals surface area contributed by atoms with Gasteiger partial charge in [-0.3, -0.25) is 9.82 Å². The highest BCUT2D eigenvalue weighted by molar-refractivity contribution is 5.89. The number of para-hydroxylation sites is 1. The lowest BCUT2D eigenvalue weighted by atomic mass is 10.0. The van der Waals surface area contributed by atoms with Gasteiger partial charge in [0.05, 0.1) is 17.0 Å². The number of pyridine rings is 1. The van der Waals surface area contributed by atoms with Crippen molar-refractivity contribution in [2.24, 2.45) is 0 Å². The molecule has 0 spiro atoms. The predicted molar refractivity (Wildman–Crippen MR) is 77.4 cm³/mol. The number of carbonyl (C=O) groups is 1. The van der Waals surface area contributed by atoms with E-state index in [9.17, 15) is 9.90 Å². The first-order chi connectivity index (χ1) is 10.2. The van der Waals surface area contributed by atoms with E-state index in [0.717, 1.165) is 16.9 Å². The van der Waals surface area contributed by atoms with Crippen molar-refractivity contribution in [1.82, 2.24) is 4.98 Å². The fourth-order valence-electron chi connectivity index (χ4n) is 2.19. The lowest BCUT2D eigenvalue weighted by Gasteiger charge is -2.27. The number of carboxylic acids is 1. The van der Waals surface area contributed by atoms with E-state index in [1.807, 2.05) is 42.5 Å². The molecule has 0 amide bonds. The minimum atomic E-state index is -0.934. The number of hydroxylamine groups is 1. The van der Waals surface area contributed by atoms with Crippen molar-refractivity contribution in [3.05, 3.63) is 71.7 Å². The number of rotatable bonds is 4. The van der Waals surface area contributed by atoms with Crippen LogP contribution in [0.25, 0.3) is 0 Å². The van der Waals surface area contributed by atoms with Crippen LogP contribution < -0.4 is 5.06 Å². The zero-order chi connectivity index (χ0) is 14.7. The summed E-state index contributed by atoms with van der Waals surface area (Å²) in [5.41, 5.74) is 2.87. The second-order valence-corrected chi connectivity index (χ2v) is 4.69. The van der Waals surface area contributed by atoms with Crippen LogP contribution in [0, 0.1) is 0 Å². The molecule has 0 saturated heterocycles. The van der Waals surface area contributed by atoms with Gasteiger partial charge in [-0.15, -0.1) is 0 Å². The summed E-state index contributed by atoms with van der Waals surface area (Å²) >= 11 is 0. The number of aliphatic carboxylic acids is 1. The third-order valence-electron chi connectivity index (χ3n) is 3.24. The molecular formula is C16H14N2O3. The molecule has 0 atom stereocenters. The summed E-state index contributed by atoms with van der Waals surface area (Å²) in [5.74, 6) is -0.934. The molecule has 0 unspecified atom stereocenters. The average molecular weight is 282 g/mol. The number of hydrogen-bond acceptors (Lipinski definition) is 4. The lowest BCUT2D eigenvalue weighted by Crippen LogP contribution is -2.25. The summed E-state index contributed by atoms with van der Waals surface area (Å²) in [6, 6.07) is 13.2. The molecule has 2 heterocycles. The van der Waals surface area contributed by atoms with E-state index in [1.54, 1.807) is 6.20 Å². The Morgan fingerprint density at radius 3 is 2.81 bits per heavy atom. The zero-order valence-electron chi connectivity index (χ0n) is 11.3. The normalized spacial score (nSPS) is 13.5. The van der Waals surface area contributed by atoms with Crippen molar-refractivity contribution < 1.29 is 14.7 Å². The van der Waals surface area contributed by atoms with Gasteiger partial charge < -0.3 is 5.11 Å². The second kappa shape index (κ2) is 5.76. The topological polar surface area (TPSA) is 62.7 Å². The largest absolute Gasteiger partial charge is 0.478 e. The van der Waals surface area contributed by atoms with Gasteiger partial charge in [0.15, 0.2) is 0 Å². The first kappa shape index (κ1) is 13.3. The Morgan fingerprint density at radius 1 is 1.24 bits per heavy atom. The van der Waals surface area contributed by atoms with Crippen LogP contribution in [0.5, 0.6) is 0 Å². The highest BCUT2D eigenvalue weighted by Crippen LogP contribution is 2.29. The predicted octanol–water partition coefficient (Wildman–Crippen LogP) is 2.54. The quantitative estimate of drug-likeness (QED) is 0.933. The van der Waals surface area contributed by atoms with Gasteiger partial charge in [-0.1, -0.05) is 24.3 Å². The second-order valence-electron chi connectivity index (χ2n) is 4.69. The van der Waals surface area contributed by atoms with Crippen LogP contribution in [-0.4, -0.2) is 16.1 Å². The Bertz CT molecular complexity index is 683. The zero-order valence-corrected chi connectivity index (χ0v) is 11.3. The van der Waals surface area contributed by atoms with E-state index in [2.05, 4.69) is 4.98 Å². The standard InChI is InChI=1S/C16H14N2O3/c19-16(20)13-9-12-5-1-2-7-15(12)18(10-13)21-11-14-6-3-4-8-17-14/h1-8,10H,9,11H2,(H,19,20). The van der Waals surface area contributed by atoms with E-state index < -0.39 is 5.97 Å². The van der Waals surface area contributed by atoms with Crippen LogP contribution in [0.15, 0.2) is 60.4 Å². The summed E-state index contributed by atoms with van der Waals surface area (Å²) in [5, 5.41) is 10.7. The summed E-state index contributed by atoms with van der Waals surface area (Å²) in [6.45, 7) is 0.276. The van der Waals surface area contributed by atoms with Gasteiger partial charge in [0.1, 0.15) is 6.61 Å². The van der Waals surface area contributed by atoms with Crippen molar-refractivity contribution in [2.75, 3.05) is 5.06 Å². The highest BCUT2D eigenvalue weighted by Gasteiger charge is 2.21. The van der Waals surface area contributed by atoms with Crippen LogP contribution in [0.2, 0.25) is 0 Å². The number of fused-ring (bicyclic) bond motifs is 1. The fraction of sp³-hybridized carbons (Fsp3) is 0.125. The van der Waals surface area contributed by atoms with Crippen LogP contribution in [0.1, 0.15) is 11.3 Å². The van der Waals surface area contributed by atoms with E-state index in [4.69, 9.17) is 4.84 Å². The molecule has 1 aromatic carbocycles. The average Bonchev–Trinajstić information content (AvgIpc) is 2.53. The van der Waals surface area contributed by atoms with Gasteiger partial charge in [0, 0.05) is 18.8 Å². The number of benzene rings is 1. The number of carboxylic acid groups (broad SMARTS) is 1. The number of hydrogen-bond donors (Lipinski definition) is 1. The molecule has 0 saturated carbocycles. The maximum Gasteiger partial charge on any atom is 0.333 e. The van der Waals surface area contributed by atoms with Gasteiger partial charge in [0.2, 0.25) is 0 Å². The number of aromatic nitrogens is 1. The van der Waals surface area contributed by atoms with E-state index >= 15 is 0 Å². The molecular weight excluding hydrogens is 268 g/mol.